The number of anilines is 1. The van der Waals surface area contributed by atoms with Gasteiger partial charge in [-0.05, 0) is 57.2 Å². The largest absolute Gasteiger partial charge is 0.387 e. The fourth-order valence-electron chi connectivity index (χ4n) is 4.75. The number of fused-ring (bicyclic) bond motifs is 1. The molecular formula is C24H33N5O. The first kappa shape index (κ1) is 20.8. The van der Waals surface area contributed by atoms with E-state index in [0.29, 0.717) is 17.6 Å². The standard InChI is InChI=1S/C24H33N5O/c1-16-8-9-18-15-21(24(30)26-17(2)25)23(28-22(18)14-16)29-12-10-20(11-13-29)27-19-6-4-3-5-7-19/h8-9,14-15,19-20,27H,3-7,10-13H2,1-2H3,(H2,25,26,30). The molecule has 0 bridgehead atoms. The number of carbonyl (C=O) groups is 1. The van der Waals surface area contributed by atoms with Gasteiger partial charge in [0, 0.05) is 30.6 Å². The number of aliphatic imine (C=N–C) groups is 1. The third kappa shape index (κ3) is 4.81. The first-order valence-electron chi connectivity index (χ1n) is 11.3. The molecule has 0 unspecified atom stereocenters. The molecule has 1 amide bonds. The summed E-state index contributed by atoms with van der Waals surface area (Å²) in [4.78, 5) is 24.0. The van der Waals surface area contributed by atoms with Crippen molar-refractivity contribution in [2.75, 3.05) is 18.0 Å². The molecule has 6 heteroatoms. The summed E-state index contributed by atoms with van der Waals surface area (Å²) in [6.45, 7) is 5.48. The number of nitrogens with two attached hydrogens (primary N) is 1. The predicted molar refractivity (Wildman–Crippen MR) is 123 cm³/mol. The average molecular weight is 408 g/mol. The SMILES string of the molecule is CC(N)=NC(=O)c1cc2ccc(C)cc2nc1N1CCC(NC2CCCCC2)CC1. The van der Waals surface area contributed by atoms with E-state index in [0.717, 1.165) is 48.2 Å². The number of hydrogen-bond acceptors (Lipinski definition) is 4. The van der Waals surface area contributed by atoms with Gasteiger partial charge in [-0.15, -0.1) is 0 Å². The van der Waals surface area contributed by atoms with Crippen molar-refractivity contribution in [2.24, 2.45) is 10.7 Å². The van der Waals surface area contributed by atoms with Crippen LogP contribution in [0.4, 0.5) is 5.82 Å². The summed E-state index contributed by atoms with van der Waals surface area (Å²) < 4.78 is 0. The summed E-state index contributed by atoms with van der Waals surface area (Å²) in [7, 11) is 0. The molecule has 1 aromatic carbocycles. The number of rotatable bonds is 4. The lowest BCUT2D eigenvalue weighted by molar-refractivity contribution is 0.100. The topological polar surface area (TPSA) is 83.6 Å². The van der Waals surface area contributed by atoms with Crippen molar-refractivity contribution in [1.29, 1.82) is 0 Å². The Bertz CT molecular complexity index is 936. The summed E-state index contributed by atoms with van der Waals surface area (Å²) in [6.07, 6.45) is 8.83. The number of aryl methyl sites for hydroxylation is 1. The Morgan fingerprint density at radius 3 is 2.50 bits per heavy atom. The fourth-order valence-corrected chi connectivity index (χ4v) is 4.75. The molecule has 0 atom stereocenters. The van der Waals surface area contributed by atoms with Crippen LogP contribution in [0.2, 0.25) is 0 Å². The van der Waals surface area contributed by atoms with Crippen LogP contribution in [0.25, 0.3) is 10.9 Å². The van der Waals surface area contributed by atoms with Gasteiger partial charge in [0.15, 0.2) is 0 Å². The molecule has 0 radical (unpaired) electrons. The van der Waals surface area contributed by atoms with Crippen LogP contribution >= 0.6 is 0 Å². The lowest BCUT2D eigenvalue weighted by atomic mass is 9.93. The summed E-state index contributed by atoms with van der Waals surface area (Å²) in [5.41, 5.74) is 8.30. The Kier molecular flexibility index (Phi) is 6.32. The third-order valence-corrected chi connectivity index (χ3v) is 6.33. The minimum absolute atomic E-state index is 0.269. The van der Waals surface area contributed by atoms with E-state index in [1.165, 1.54) is 32.1 Å². The minimum atomic E-state index is -0.317. The molecule has 2 aromatic rings. The van der Waals surface area contributed by atoms with E-state index in [2.05, 4.69) is 28.2 Å². The van der Waals surface area contributed by atoms with Crippen molar-refractivity contribution in [3.05, 3.63) is 35.4 Å². The highest BCUT2D eigenvalue weighted by Crippen LogP contribution is 2.28. The molecule has 1 aliphatic carbocycles. The number of pyridine rings is 1. The predicted octanol–water partition coefficient (Wildman–Crippen LogP) is 3.95. The molecule has 6 nitrogen and oxygen atoms in total. The zero-order valence-corrected chi connectivity index (χ0v) is 18.2. The molecule has 160 valence electrons. The van der Waals surface area contributed by atoms with Crippen LogP contribution in [0, 0.1) is 6.92 Å². The first-order chi connectivity index (χ1) is 14.5. The van der Waals surface area contributed by atoms with Crippen LogP contribution in [0.1, 0.15) is 67.8 Å². The summed E-state index contributed by atoms with van der Waals surface area (Å²) in [6, 6.07) is 9.27. The van der Waals surface area contributed by atoms with Gasteiger partial charge in [-0.1, -0.05) is 31.4 Å². The molecule has 2 fully saturated rings. The summed E-state index contributed by atoms with van der Waals surface area (Å²) in [5.74, 6) is 0.687. The number of amides is 1. The van der Waals surface area contributed by atoms with Crippen LogP contribution in [0.5, 0.6) is 0 Å². The number of aromatic nitrogens is 1. The Balaban J connectivity index is 1.56. The quantitative estimate of drug-likeness (QED) is 0.592. The molecule has 1 aliphatic heterocycles. The van der Waals surface area contributed by atoms with Crippen molar-refractivity contribution in [3.8, 4) is 0 Å². The second-order valence-corrected chi connectivity index (χ2v) is 8.88. The highest BCUT2D eigenvalue weighted by atomic mass is 16.1. The molecule has 3 N–H and O–H groups in total. The first-order valence-corrected chi connectivity index (χ1v) is 11.3. The van der Waals surface area contributed by atoms with Gasteiger partial charge >= 0.3 is 0 Å². The van der Waals surface area contributed by atoms with E-state index in [9.17, 15) is 4.79 Å². The summed E-state index contributed by atoms with van der Waals surface area (Å²) >= 11 is 0. The number of benzene rings is 1. The Labute approximate surface area is 179 Å². The van der Waals surface area contributed by atoms with Gasteiger partial charge in [-0.25, -0.2) is 4.98 Å². The van der Waals surface area contributed by atoms with Gasteiger partial charge < -0.3 is 16.0 Å². The number of amidine groups is 1. The molecular weight excluding hydrogens is 374 g/mol. The van der Waals surface area contributed by atoms with Crippen molar-refractivity contribution >= 4 is 28.5 Å². The number of carbonyl (C=O) groups excluding carboxylic acids is 1. The molecule has 1 saturated carbocycles. The van der Waals surface area contributed by atoms with E-state index in [4.69, 9.17) is 10.7 Å². The summed E-state index contributed by atoms with van der Waals surface area (Å²) in [5, 5.41) is 4.83. The number of nitrogens with zero attached hydrogens (tertiary/aromatic N) is 3. The molecule has 2 aliphatic rings. The van der Waals surface area contributed by atoms with Gasteiger partial charge in [-0.3, -0.25) is 4.79 Å². The zero-order chi connectivity index (χ0) is 21.1. The highest BCUT2D eigenvalue weighted by molar-refractivity contribution is 6.07. The second-order valence-electron chi connectivity index (χ2n) is 8.88. The maximum Gasteiger partial charge on any atom is 0.282 e. The van der Waals surface area contributed by atoms with Crippen molar-refractivity contribution in [2.45, 2.75) is 70.9 Å². The van der Waals surface area contributed by atoms with E-state index >= 15 is 0 Å². The normalized spacial score (nSPS) is 19.4. The van der Waals surface area contributed by atoms with Crippen LogP contribution in [-0.2, 0) is 0 Å². The molecule has 30 heavy (non-hydrogen) atoms. The van der Waals surface area contributed by atoms with Crippen molar-refractivity contribution in [3.63, 3.8) is 0 Å². The van der Waals surface area contributed by atoms with Gasteiger partial charge in [0.1, 0.15) is 11.7 Å². The maximum absolute atomic E-state index is 12.8. The minimum Gasteiger partial charge on any atom is -0.387 e. The highest BCUT2D eigenvalue weighted by Gasteiger charge is 2.26. The lowest BCUT2D eigenvalue weighted by Crippen LogP contribution is -2.47. The number of piperidine rings is 1. The van der Waals surface area contributed by atoms with E-state index in [1.54, 1.807) is 6.92 Å². The lowest BCUT2D eigenvalue weighted by Gasteiger charge is -2.36. The monoisotopic (exact) mass is 407 g/mol. The smallest absolute Gasteiger partial charge is 0.282 e. The van der Waals surface area contributed by atoms with Gasteiger partial charge in [0.25, 0.3) is 5.91 Å². The van der Waals surface area contributed by atoms with Gasteiger partial charge in [0.05, 0.1) is 11.1 Å². The van der Waals surface area contributed by atoms with Crippen molar-refractivity contribution < 1.29 is 4.79 Å². The Morgan fingerprint density at radius 2 is 1.80 bits per heavy atom. The van der Waals surface area contributed by atoms with Gasteiger partial charge in [-0.2, -0.15) is 4.99 Å². The van der Waals surface area contributed by atoms with Crippen LogP contribution in [0.15, 0.2) is 29.3 Å². The van der Waals surface area contributed by atoms with Crippen LogP contribution < -0.4 is 16.0 Å². The van der Waals surface area contributed by atoms with E-state index in [1.807, 2.05) is 18.2 Å². The zero-order valence-electron chi connectivity index (χ0n) is 18.2. The Morgan fingerprint density at radius 1 is 1.10 bits per heavy atom. The van der Waals surface area contributed by atoms with Gasteiger partial charge in [0.2, 0.25) is 0 Å². The van der Waals surface area contributed by atoms with E-state index < -0.39 is 0 Å². The fraction of sp³-hybridized carbons (Fsp3) is 0.542. The number of nitrogens with one attached hydrogen (secondary N) is 1. The molecule has 1 aromatic heterocycles. The number of hydrogen-bond donors (Lipinski definition) is 2. The molecule has 4 rings (SSSR count). The molecule has 2 heterocycles. The molecule has 1 saturated heterocycles. The van der Waals surface area contributed by atoms with Crippen molar-refractivity contribution in [1.82, 2.24) is 10.3 Å². The van der Waals surface area contributed by atoms with E-state index in [-0.39, 0.29) is 11.7 Å². The maximum atomic E-state index is 12.8. The van der Waals surface area contributed by atoms with Crippen LogP contribution in [-0.4, -0.2) is 41.9 Å². The van der Waals surface area contributed by atoms with Crippen LogP contribution in [0.3, 0.4) is 0 Å². The Hall–Kier alpha value is -2.47. The second kappa shape index (κ2) is 9.13. The molecule has 0 spiro atoms. The average Bonchev–Trinajstić information content (AvgIpc) is 2.73. The third-order valence-electron chi connectivity index (χ3n) is 6.33.